The number of anilines is 1. The minimum absolute atomic E-state index is 0.297. The third kappa shape index (κ3) is 5.45. The van der Waals surface area contributed by atoms with Crippen molar-refractivity contribution in [1.82, 2.24) is 0 Å². The van der Waals surface area contributed by atoms with Crippen LogP contribution in [0.3, 0.4) is 0 Å². The highest BCUT2D eigenvalue weighted by Gasteiger charge is 2.11. The van der Waals surface area contributed by atoms with Crippen molar-refractivity contribution in [3.05, 3.63) is 35.6 Å². The zero-order chi connectivity index (χ0) is 17.3. The summed E-state index contributed by atoms with van der Waals surface area (Å²) in [6.45, 7) is 2.27. The van der Waals surface area contributed by atoms with E-state index in [-0.39, 0.29) is 0 Å². The first-order valence-corrected chi connectivity index (χ1v) is 9.55. The van der Waals surface area contributed by atoms with Gasteiger partial charge in [0.05, 0.1) is 6.04 Å². The van der Waals surface area contributed by atoms with E-state index in [1.807, 2.05) is 12.1 Å². The summed E-state index contributed by atoms with van der Waals surface area (Å²) in [5.41, 5.74) is 2.22. The smallest absolute Gasteiger partial charge is 0.185 e. The molecule has 0 bridgehead atoms. The van der Waals surface area contributed by atoms with Gasteiger partial charge in [-0.15, -0.1) is 0 Å². The molecule has 1 heterocycles. The number of hydrogen-bond donors (Lipinski definition) is 0. The van der Waals surface area contributed by atoms with Crippen LogP contribution in [0.5, 0.6) is 0 Å². The molecule has 0 N–H and O–H groups in total. The Morgan fingerprint density at radius 2 is 1.68 bits per heavy atom. The molecule has 4 heteroatoms. The maximum atomic E-state index is 11.2. The van der Waals surface area contributed by atoms with Crippen LogP contribution in [0, 0.1) is 0 Å². The Balaban J connectivity index is 1.57. The van der Waals surface area contributed by atoms with Crippen molar-refractivity contribution in [1.29, 1.82) is 0 Å². The van der Waals surface area contributed by atoms with Gasteiger partial charge in [-0.3, -0.25) is 9.79 Å². The number of aliphatic imine (C=N–C) groups is 1. The zero-order valence-corrected chi connectivity index (χ0v) is 14.9. The van der Waals surface area contributed by atoms with Gasteiger partial charge in [0, 0.05) is 18.8 Å². The van der Waals surface area contributed by atoms with Crippen molar-refractivity contribution in [3.8, 4) is 0 Å². The molecule has 1 aromatic rings. The lowest BCUT2D eigenvalue weighted by Gasteiger charge is -2.28. The molecule has 0 atom stereocenters. The van der Waals surface area contributed by atoms with E-state index in [4.69, 9.17) is 4.74 Å². The van der Waals surface area contributed by atoms with Crippen molar-refractivity contribution >= 4 is 24.5 Å². The monoisotopic (exact) mass is 340 g/mol. The van der Waals surface area contributed by atoms with Crippen LogP contribution in [0.4, 0.5) is 5.69 Å². The molecule has 0 amide bonds. The summed E-state index contributed by atoms with van der Waals surface area (Å²) in [6, 6.07) is 8.67. The van der Waals surface area contributed by atoms with E-state index in [0.717, 1.165) is 37.8 Å². The highest BCUT2D eigenvalue weighted by molar-refractivity contribution is 5.81. The highest BCUT2D eigenvalue weighted by atomic mass is 16.5. The number of carbonyl (C=O) groups is 1. The van der Waals surface area contributed by atoms with Gasteiger partial charge < -0.3 is 9.64 Å². The van der Waals surface area contributed by atoms with E-state index in [1.54, 1.807) is 6.08 Å². The summed E-state index contributed by atoms with van der Waals surface area (Å²) >= 11 is 0. The van der Waals surface area contributed by atoms with E-state index in [0.29, 0.717) is 11.8 Å². The van der Waals surface area contributed by atoms with Gasteiger partial charge in [-0.25, -0.2) is 0 Å². The first kappa shape index (κ1) is 17.7. The number of carbonyl (C=O) groups excluding carboxylic acids is 1. The fourth-order valence-electron chi connectivity index (χ4n) is 3.60. The van der Waals surface area contributed by atoms with Crippen LogP contribution >= 0.6 is 0 Å². The number of piperidine rings is 1. The van der Waals surface area contributed by atoms with Crippen LogP contribution in [0.15, 0.2) is 35.0 Å². The third-order valence-corrected chi connectivity index (χ3v) is 5.07. The summed E-state index contributed by atoms with van der Waals surface area (Å²) in [6.07, 6.45) is 13.8. The largest absolute Gasteiger partial charge is 0.443 e. The molecule has 25 heavy (non-hydrogen) atoms. The summed E-state index contributed by atoms with van der Waals surface area (Å²) in [4.78, 5) is 18.1. The maximum Gasteiger partial charge on any atom is 0.185 e. The van der Waals surface area contributed by atoms with Gasteiger partial charge in [0.2, 0.25) is 0 Å². The third-order valence-electron chi connectivity index (χ3n) is 5.07. The van der Waals surface area contributed by atoms with E-state index < -0.39 is 0 Å². The van der Waals surface area contributed by atoms with Gasteiger partial charge in [0.1, 0.15) is 0 Å². The lowest BCUT2D eigenvalue weighted by atomic mass is 9.96. The Kier molecular flexibility index (Phi) is 6.66. The SMILES string of the molecule is O=C/C(=C\c1ccc(N2CCCCC2)cc1)OC=NC1CCCCC1. The molecule has 0 aromatic heterocycles. The van der Waals surface area contributed by atoms with E-state index in [9.17, 15) is 4.79 Å². The second kappa shape index (κ2) is 9.40. The lowest BCUT2D eigenvalue weighted by molar-refractivity contribution is -0.106. The normalized spacial score (nSPS) is 20.0. The summed E-state index contributed by atoms with van der Waals surface area (Å²) in [7, 11) is 0. The molecule has 2 aliphatic rings. The molecule has 1 saturated heterocycles. The highest BCUT2D eigenvalue weighted by Crippen LogP contribution is 2.21. The Morgan fingerprint density at radius 3 is 2.36 bits per heavy atom. The van der Waals surface area contributed by atoms with Gasteiger partial charge >= 0.3 is 0 Å². The zero-order valence-electron chi connectivity index (χ0n) is 14.9. The van der Waals surface area contributed by atoms with E-state index in [2.05, 4.69) is 22.0 Å². The molecule has 3 rings (SSSR count). The number of ether oxygens (including phenoxy) is 1. The Hall–Kier alpha value is -2.10. The molecular formula is C21H28N2O2. The molecule has 2 fully saturated rings. The molecular weight excluding hydrogens is 312 g/mol. The first-order chi connectivity index (χ1) is 12.3. The van der Waals surface area contributed by atoms with Crippen LogP contribution < -0.4 is 4.90 Å². The number of nitrogens with zero attached hydrogens (tertiary/aromatic N) is 2. The van der Waals surface area contributed by atoms with Crippen molar-refractivity contribution < 1.29 is 9.53 Å². The standard InChI is InChI=1S/C21H28N2O2/c24-16-21(25-17-22-19-7-3-1-4-8-19)15-18-9-11-20(12-10-18)23-13-5-2-6-14-23/h9-12,15-17,19H,1-8,13-14H2/b21-15+,22-17?. The molecule has 1 saturated carbocycles. The predicted molar refractivity (Wildman–Crippen MR) is 103 cm³/mol. The quantitative estimate of drug-likeness (QED) is 0.250. The number of hydrogen-bond acceptors (Lipinski definition) is 4. The molecule has 4 nitrogen and oxygen atoms in total. The second-order valence-electron chi connectivity index (χ2n) is 6.97. The number of allylic oxidation sites excluding steroid dienone is 1. The van der Waals surface area contributed by atoms with Gasteiger partial charge in [-0.1, -0.05) is 31.4 Å². The Bertz CT molecular complexity index is 595. The van der Waals surface area contributed by atoms with Crippen LogP contribution in [0.25, 0.3) is 6.08 Å². The summed E-state index contributed by atoms with van der Waals surface area (Å²) < 4.78 is 5.44. The topological polar surface area (TPSA) is 41.9 Å². The Labute approximate surface area is 150 Å². The van der Waals surface area contributed by atoms with Crippen LogP contribution in [-0.2, 0) is 9.53 Å². The van der Waals surface area contributed by atoms with Gasteiger partial charge in [-0.05, 0) is 55.9 Å². The number of benzene rings is 1. The fourth-order valence-corrected chi connectivity index (χ4v) is 3.60. The number of rotatable bonds is 6. The van der Waals surface area contributed by atoms with Crippen LogP contribution in [0.1, 0.15) is 56.9 Å². The minimum atomic E-state index is 0.297. The van der Waals surface area contributed by atoms with E-state index >= 15 is 0 Å². The van der Waals surface area contributed by atoms with Crippen molar-refractivity contribution in [2.45, 2.75) is 57.4 Å². The van der Waals surface area contributed by atoms with Crippen LogP contribution in [0.2, 0.25) is 0 Å². The van der Waals surface area contributed by atoms with Crippen molar-refractivity contribution in [2.24, 2.45) is 4.99 Å². The molecule has 1 aliphatic heterocycles. The molecule has 1 aromatic carbocycles. The van der Waals surface area contributed by atoms with Gasteiger partial charge in [0.25, 0.3) is 0 Å². The van der Waals surface area contributed by atoms with Crippen molar-refractivity contribution in [2.75, 3.05) is 18.0 Å². The molecule has 0 spiro atoms. The minimum Gasteiger partial charge on any atom is -0.443 e. The number of aldehydes is 1. The van der Waals surface area contributed by atoms with Gasteiger partial charge in [0.15, 0.2) is 18.4 Å². The Morgan fingerprint density at radius 1 is 1.00 bits per heavy atom. The molecule has 1 aliphatic carbocycles. The fraction of sp³-hybridized carbons (Fsp3) is 0.524. The molecule has 0 unspecified atom stereocenters. The molecule has 134 valence electrons. The summed E-state index contributed by atoms with van der Waals surface area (Å²) in [5.74, 6) is 0.297. The van der Waals surface area contributed by atoms with Crippen molar-refractivity contribution in [3.63, 3.8) is 0 Å². The summed E-state index contributed by atoms with van der Waals surface area (Å²) in [5, 5.41) is 0. The second-order valence-corrected chi connectivity index (χ2v) is 6.97. The average Bonchev–Trinajstić information content (AvgIpc) is 2.69. The predicted octanol–water partition coefficient (Wildman–Crippen LogP) is 4.59. The average molecular weight is 340 g/mol. The first-order valence-electron chi connectivity index (χ1n) is 9.55. The molecule has 0 radical (unpaired) electrons. The van der Waals surface area contributed by atoms with Gasteiger partial charge in [-0.2, -0.15) is 0 Å². The van der Waals surface area contributed by atoms with Crippen LogP contribution in [-0.4, -0.2) is 31.8 Å². The maximum absolute atomic E-state index is 11.2. The van der Waals surface area contributed by atoms with E-state index in [1.165, 1.54) is 50.6 Å². The lowest BCUT2D eigenvalue weighted by Crippen LogP contribution is -2.29.